The zero-order valence-corrected chi connectivity index (χ0v) is 20.8. The Morgan fingerprint density at radius 2 is 1.88 bits per heavy atom. The van der Waals surface area contributed by atoms with Crippen LogP contribution in [0, 0.1) is 0 Å². The maximum Gasteiger partial charge on any atom is 0.247 e. The number of carbonyl (C=O) groups excluding carboxylic acids is 1. The molecule has 2 aromatic carbocycles. The smallest absolute Gasteiger partial charge is 0.247 e. The summed E-state index contributed by atoms with van der Waals surface area (Å²) in [5, 5.41) is 9.38. The van der Waals surface area contributed by atoms with E-state index in [-0.39, 0.29) is 12.0 Å². The second-order valence-corrected chi connectivity index (χ2v) is 9.48. The Labute approximate surface area is 204 Å². The minimum atomic E-state index is -0.706. The number of para-hydroxylation sites is 1. The third-order valence-electron chi connectivity index (χ3n) is 5.37. The molecular formula is C26H30N4O3S. The number of rotatable bonds is 8. The van der Waals surface area contributed by atoms with E-state index in [1.165, 1.54) is 13.3 Å². The van der Waals surface area contributed by atoms with Gasteiger partial charge in [0.15, 0.2) is 5.69 Å². The molecular weight excluding hydrogens is 448 g/mol. The lowest BCUT2D eigenvalue weighted by Crippen LogP contribution is -2.36. The SMILES string of the molecule is CCCCCSc1nnc2c(n1)O[C@@H](c1ccc(OC(C)C)cc1)N(C(C)=O)c1ccccc1-2. The van der Waals surface area contributed by atoms with Gasteiger partial charge in [0.05, 0.1) is 11.8 Å². The number of hydrogen-bond acceptors (Lipinski definition) is 7. The summed E-state index contributed by atoms with van der Waals surface area (Å²) in [7, 11) is 0. The van der Waals surface area contributed by atoms with Crippen LogP contribution in [-0.4, -0.2) is 32.9 Å². The number of thioether (sulfide) groups is 1. The first kappa shape index (κ1) is 24.0. The highest BCUT2D eigenvalue weighted by Gasteiger charge is 2.34. The normalized spacial score (nSPS) is 14.7. The van der Waals surface area contributed by atoms with Gasteiger partial charge in [-0.1, -0.05) is 49.7 Å². The molecule has 1 aromatic heterocycles. The van der Waals surface area contributed by atoms with E-state index in [0.717, 1.165) is 35.5 Å². The van der Waals surface area contributed by atoms with Crippen LogP contribution in [0.3, 0.4) is 0 Å². The van der Waals surface area contributed by atoms with Crippen LogP contribution in [0.4, 0.5) is 5.69 Å². The standard InChI is InChI=1S/C26H30N4O3S/c1-5-6-9-16-34-26-27-24-23(28-29-26)21-10-7-8-11-22(21)30(18(4)31)25(33-24)19-12-14-20(15-13-19)32-17(2)3/h7-8,10-15,17,25H,5-6,9,16H2,1-4H3/t25-/m0/s1. The lowest BCUT2D eigenvalue weighted by molar-refractivity contribution is -0.118. The molecule has 0 fully saturated rings. The lowest BCUT2D eigenvalue weighted by atomic mass is 10.1. The van der Waals surface area contributed by atoms with E-state index in [4.69, 9.17) is 14.5 Å². The van der Waals surface area contributed by atoms with Crippen LogP contribution in [-0.2, 0) is 4.79 Å². The highest BCUT2D eigenvalue weighted by molar-refractivity contribution is 7.99. The van der Waals surface area contributed by atoms with Gasteiger partial charge in [-0.2, -0.15) is 4.98 Å². The Hall–Kier alpha value is -3.13. The van der Waals surface area contributed by atoms with E-state index in [9.17, 15) is 4.79 Å². The summed E-state index contributed by atoms with van der Waals surface area (Å²) in [6, 6.07) is 15.2. The Bertz CT molecular complexity index is 1140. The van der Waals surface area contributed by atoms with Crippen LogP contribution >= 0.6 is 11.8 Å². The van der Waals surface area contributed by atoms with Crippen molar-refractivity contribution in [3.05, 3.63) is 54.1 Å². The average Bonchev–Trinajstić information content (AvgIpc) is 2.96. The number of benzene rings is 2. The molecule has 4 rings (SSSR count). The van der Waals surface area contributed by atoms with E-state index in [1.807, 2.05) is 62.4 Å². The van der Waals surface area contributed by atoms with Gasteiger partial charge in [-0.15, -0.1) is 10.2 Å². The highest BCUT2D eigenvalue weighted by atomic mass is 32.2. The predicted molar refractivity (Wildman–Crippen MR) is 134 cm³/mol. The largest absolute Gasteiger partial charge is 0.491 e. The molecule has 0 N–H and O–H groups in total. The molecule has 34 heavy (non-hydrogen) atoms. The minimum Gasteiger partial charge on any atom is -0.491 e. The van der Waals surface area contributed by atoms with Crippen LogP contribution in [0.1, 0.15) is 58.7 Å². The molecule has 2 heterocycles. The van der Waals surface area contributed by atoms with E-state index in [2.05, 4.69) is 17.1 Å². The van der Waals surface area contributed by atoms with E-state index >= 15 is 0 Å². The first-order chi connectivity index (χ1) is 16.5. The highest BCUT2D eigenvalue weighted by Crippen LogP contribution is 2.43. The van der Waals surface area contributed by atoms with Crippen molar-refractivity contribution >= 4 is 23.4 Å². The van der Waals surface area contributed by atoms with Gasteiger partial charge >= 0.3 is 0 Å². The van der Waals surface area contributed by atoms with Crippen LogP contribution < -0.4 is 14.4 Å². The lowest BCUT2D eigenvalue weighted by Gasteiger charge is -2.30. The van der Waals surface area contributed by atoms with Gasteiger partial charge in [0.25, 0.3) is 0 Å². The second kappa shape index (κ2) is 10.9. The fourth-order valence-electron chi connectivity index (χ4n) is 3.83. The molecule has 0 bridgehead atoms. The van der Waals surface area contributed by atoms with Crippen molar-refractivity contribution in [1.29, 1.82) is 0 Å². The molecule has 8 heteroatoms. The zero-order valence-electron chi connectivity index (χ0n) is 20.0. The number of anilines is 1. The van der Waals surface area contributed by atoms with Gasteiger partial charge < -0.3 is 9.47 Å². The summed E-state index contributed by atoms with van der Waals surface area (Å²) in [6.45, 7) is 7.68. The first-order valence-electron chi connectivity index (χ1n) is 11.7. The van der Waals surface area contributed by atoms with Crippen molar-refractivity contribution in [3.63, 3.8) is 0 Å². The molecule has 0 aliphatic carbocycles. The molecule has 3 aromatic rings. The van der Waals surface area contributed by atoms with Gasteiger partial charge in [-0.25, -0.2) is 0 Å². The molecule has 1 aliphatic heterocycles. The van der Waals surface area contributed by atoms with E-state index < -0.39 is 6.23 Å². The number of ether oxygens (including phenoxy) is 2. The van der Waals surface area contributed by atoms with Gasteiger partial charge in [0, 0.05) is 23.8 Å². The molecule has 7 nitrogen and oxygen atoms in total. The monoisotopic (exact) mass is 478 g/mol. The quantitative estimate of drug-likeness (QED) is 0.288. The zero-order chi connectivity index (χ0) is 24.1. The van der Waals surface area contributed by atoms with Crippen molar-refractivity contribution in [3.8, 4) is 22.9 Å². The van der Waals surface area contributed by atoms with Gasteiger partial charge in [-0.3, -0.25) is 9.69 Å². The van der Waals surface area contributed by atoms with E-state index in [0.29, 0.717) is 22.4 Å². The first-order valence-corrected chi connectivity index (χ1v) is 12.7. The summed E-state index contributed by atoms with van der Waals surface area (Å²) in [5.74, 6) is 1.91. The maximum atomic E-state index is 12.9. The minimum absolute atomic E-state index is 0.0727. The summed E-state index contributed by atoms with van der Waals surface area (Å²) < 4.78 is 12.2. The van der Waals surface area contributed by atoms with Crippen LogP contribution in [0.2, 0.25) is 0 Å². The molecule has 0 spiro atoms. The molecule has 0 saturated heterocycles. The second-order valence-electron chi connectivity index (χ2n) is 8.42. The Morgan fingerprint density at radius 1 is 1.12 bits per heavy atom. The van der Waals surface area contributed by atoms with Crippen molar-refractivity contribution in [2.75, 3.05) is 10.7 Å². The molecule has 0 radical (unpaired) electrons. The van der Waals surface area contributed by atoms with Crippen molar-refractivity contribution in [2.24, 2.45) is 0 Å². The summed E-state index contributed by atoms with van der Waals surface area (Å²) in [5.41, 5.74) is 2.81. The number of unbranched alkanes of at least 4 members (excludes halogenated alkanes) is 2. The van der Waals surface area contributed by atoms with Gasteiger partial charge in [0.1, 0.15) is 5.75 Å². The maximum absolute atomic E-state index is 12.9. The van der Waals surface area contributed by atoms with Gasteiger partial charge in [-0.05, 0) is 50.6 Å². The molecule has 0 unspecified atom stereocenters. The van der Waals surface area contributed by atoms with Crippen molar-refractivity contribution in [2.45, 2.75) is 64.4 Å². The number of nitrogens with zero attached hydrogens (tertiary/aromatic N) is 4. The topological polar surface area (TPSA) is 77.4 Å². The van der Waals surface area contributed by atoms with Crippen LogP contribution in [0.5, 0.6) is 11.6 Å². The predicted octanol–water partition coefficient (Wildman–Crippen LogP) is 6.05. The van der Waals surface area contributed by atoms with Crippen molar-refractivity contribution < 1.29 is 14.3 Å². The number of carbonyl (C=O) groups is 1. The Kier molecular flexibility index (Phi) is 7.67. The summed E-state index contributed by atoms with van der Waals surface area (Å²) in [6.07, 6.45) is 2.79. The molecule has 1 aliphatic rings. The number of amides is 1. The van der Waals surface area contributed by atoms with Gasteiger partial charge in [0.2, 0.25) is 23.2 Å². The fraction of sp³-hybridized carbons (Fsp3) is 0.385. The summed E-state index contributed by atoms with van der Waals surface area (Å²) in [4.78, 5) is 19.2. The Morgan fingerprint density at radius 3 is 2.59 bits per heavy atom. The third kappa shape index (κ3) is 5.33. The van der Waals surface area contributed by atoms with Crippen LogP contribution in [0.25, 0.3) is 11.3 Å². The summed E-state index contributed by atoms with van der Waals surface area (Å²) >= 11 is 1.57. The number of hydrogen-bond donors (Lipinski definition) is 0. The number of aromatic nitrogens is 3. The average molecular weight is 479 g/mol. The molecule has 1 amide bonds. The molecule has 0 saturated carbocycles. The third-order valence-corrected chi connectivity index (χ3v) is 6.29. The molecule has 1 atom stereocenters. The Balaban J connectivity index is 1.75. The van der Waals surface area contributed by atoms with Crippen molar-refractivity contribution in [1.82, 2.24) is 15.2 Å². The fourth-order valence-corrected chi connectivity index (χ4v) is 4.61. The van der Waals surface area contributed by atoms with E-state index in [1.54, 1.807) is 16.7 Å². The number of fused-ring (bicyclic) bond motifs is 3. The molecule has 178 valence electrons. The van der Waals surface area contributed by atoms with Crippen LogP contribution in [0.15, 0.2) is 53.7 Å².